The Morgan fingerprint density at radius 1 is 1.33 bits per heavy atom. The summed E-state index contributed by atoms with van der Waals surface area (Å²) < 4.78 is 1.93. The summed E-state index contributed by atoms with van der Waals surface area (Å²) in [6.07, 6.45) is 4.15. The molecule has 1 unspecified atom stereocenters. The topological polar surface area (TPSA) is 53.4 Å². The molecule has 0 aliphatic carbocycles. The number of nitrogens with one attached hydrogen (secondary N) is 1. The normalized spacial score (nSPS) is 17.3. The van der Waals surface area contributed by atoms with Crippen LogP contribution in [0.2, 0.25) is 5.02 Å². The molecule has 0 saturated carbocycles. The van der Waals surface area contributed by atoms with E-state index in [1.165, 1.54) is 0 Å². The van der Waals surface area contributed by atoms with E-state index in [0.29, 0.717) is 29.8 Å². The fourth-order valence-corrected chi connectivity index (χ4v) is 3.52. The van der Waals surface area contributed by atoms with Gasteiger partial charge in [0, 0.05) is 37.4 Å². The molecule has 146 valence electrons. The van der Waals surface area contributed by atoms with Crippen molar-refractivity contribution in [1.82, 2.24) is 24.9 Å². The van der Waals surface area contributed by atoms with E-state index in [1.807, 2.05) is 60.2 Å². The molecular formula is C20H28ClN5O. The fraction of sp³-hybridized carbons (Fsp3) is 0.500. The lowest BCUT2D eigenvalue weighted by Crippen LogP contribution is -2.37. The quantitative estimate of drug-likeness (QED) is 0.791. The van der Waals surface area contributed by atoms with Gasteiger partial charge < -0.3 is 15.1 Å². The van der Waals surface area contributed by atoms with Gasteiger partial charge in [0.25, 0.3) is 5.91 Å². The summed E-state index contributed by atoms with van der Waals surface area (Å²) in [6.45, 7) is 3.91. The lowest BCUT2D eigenvalue weighted by atomic mass is 10.1. The third-order valence-corrected chi connectivity index (χ3v) is 5.07. The average molecular weight is 390 g/mol. The zero-order valence-electron chi connectivity index (χ0n) is 16.1. The van der Waals surface area contributed by atoms with E-state index in [-0.39, 0.29) is 5.91 Å². The second-order valence-electron chi connectivity index (χ2n) is 7.34. The second kappa shape index (κ2) is 9.35. The third-order valence-electron chi connectivity index (χ3n) is 4.84. The van der Waals surface area contributed by atoms with Gasteiger partial charge in [0.2, 0.25) is 0 Å². The number of carbonyl (C=O) groups is 1. The smallest absolute Gasteiger partial charge is 0.274 e. The van der Waals surface area contributed by atoms with Gasteiger partial charge in [0.15, 0.2) is 0 Å². The van der Waals surface area contributed by atoms with Crippen molar-refractivity contribution >= 4 is 17.5 Å². The number of carbonyl (C=O) groups excluding carboxylic acids is 1. The molecule has 0 spiro atoms. The molecule has 1 N–H and O–H groups in total. The Kier molecular flexibility index (Phi) is 6.88. The molecule has 0 radical (unpaired) electrons. The van der Waals surface area contributed by atoms with E-state index in [4.69, 9.17) is 11.6 Å². The Bertz CT molecular complexity index is 754. The van der Waals surface area contributed by atoms with E-state index >= 15 is 0 Å². The first-order chi connectivity index (χ1) is 13.0. The average Bonchev–Trinajstić information content (AvgIpc) is 3.15. The maximum atomic E-state index is 13.1. The molecule has 1 atom stereocenters. The van der Waals surface area contributed by atoms with Crippen LogP contribution in [-0.4, -0.2) is 65.8 Å². The summed E-state index contributed by atoms with van der Waals surface area (Å²) in [5, 5.41) is 8.66. The molecule has 1 aromatic heterocycles. The fourth-order valence-electron chi connectivity index (χ4n) is 3.31. The van der Waals surface area contributed by atoms with Crippen LogP contribution in [0.25, 0.3) is 0 Å². The Morgan fingerprint density at radius 3 is 2.89 bits per heavy atom. The first kappa shape index (κ1) is 19.9. The summed E-state index contributed by atoms with van der Waals surface area (Å²) >= 11 is 6.11. The Hall–Kier alpha value is -1.89. The van der Waals surface area contributed by atoms with Crippen LogP contribution in [0.15, 0.2) is 36.5 Å². The molecule has 6 nitrogen and oxygen atoms in total. The summed E-state index contributed by atoms with van der Waals surface area (Å²) in [5.74, 6) is -0.0423. The zero-order chi connectivity index (χ0) is 19.2. The van der Waals surface area contributed by atoms with Gasteiger partial charge in [-0.15, -0.1) is 0 Å². The van der Waals surface area contributed by atoms with E-state index in [9.17, 15) is 4.79 Å². The van der Waals surface area contributed by atoms with Crippen molar-refractivity contribution in [2.24, 2.45) is 0 Å². The minimum Gasteiger partial charge on any atom is -0.332 e. The van der Waals surface area contributed by atoms with E-state index in [2.05, 4.69) is 15.3 Å². The van der Waals surface area contributed by atoms with Gasteiger partial charge in [-0.05, 0) is 57.2 Å². The number of hydrogen-bond donors (Lipinski definition) is 1. The second-order valence-corrected chi connectivity index (χ2v) is 7.78. The minimum absolute atomic E-state index is 0.0423. The highest BCUT2D eigenvalue weighted by Gasteiger charge is 2.21. The lowest BCUT2D eigenvalue weighted by Gasteiger charge is -2.24. The van der Waals surface area contributed by atoms with Gasteiger partial charge in [0.05, 0.1) is 6.04 Å². The van der Waals surface area contributed by atoms with E-state index in [1.54, 1.807) is 0 Å². The maximum Gasteiger partial charge on any atom is 0.274 e. The highest BCUT2D eigenvalue weighted by molar-refractivity contribution is 6.30. The van der Waals surface area contributed by atoms with Crippen LogP contribution >= 0.6 is 11.6 Å². The van der Waals surface area contributed by atoms with Crippen LogP contribution < -0.4 is 5.32 Å². The van der Waals surface area contributed by atoms with Crippen LogP contribution in [0.5, 0.6) is 0 Å². The van der Waals surface area contributed by atoms with E-state index < -0.39 is 0 Å². The number of aromatic nitrogens is 2. The monoisotopic (exact) mass is 389 g/mol. The maximum absolute atomic E-state index is 13.1. The number of halogens is 1. The van der Waals surface area contributed by atoms with Gasteiger partial charge in [-0.2, -0.15) is 5.10 Å². The van der Waals surface area contributed by atoms with Crippen LogP contribution in [0.3, 0.4) is 0 Å². The van der Waals surface area contributed by atoms with Crippen molar-refractivity contribution < 1.29 is 4.79 Å². The Labute approximate surface area is 166 Å². The van der Waals surface area contributed by atoms with Gasteiger partial charge in [-0.25, -0.2) is 0 Å². The highest BCUT2D eigenvalue weighted by atomic mass is 35.5. The summed E-state index contributed by atoms with van der Waals surface area (Å²) in [7, 11) is 4.01. The van der Waals surface area contributed by atoms with Crippen molar-refractivity contribution in [3.05, 3.63) is 52.8 Å². The largest absolute Gasteiger partial charge is 0.332 e. The lowest BCUT2D eigenvalue weighted by molar-refractivity contribution is 0.0724. The number of piperidine rings is 1. The Balaban J connectivity index is 1.74. The molecule has 1 fully saturated rings. The highest BCUT2D eigenvalue weighted by Crippen LogP contribution is 2.18. The van der Waals surface area contributed by atoms with E-state index in [0.717, 1.165) is 38.0 Å². The number of hydrogen-bond acceptors (Lipinski definition) is 4. The van der Waals surface area contributed by atoms with Gasteiger partial charge >= 0.3 is 0 Å². The first-order valence-electron chi connectivity index (χ1n) is 9.47. The predicted molar refractivity (Wildman–Crippen MR) is 108 cm³/mol. The van der Waals surface area contributed by atoms with Crippen LogP contribution in [0.4, 0.5) is 0 Å². The molecule has 27 heavy (non-hydrogen) atoms. The predicted octanol–water partition coefficient (Wildman–Crippen LogP) is 2.67. The van der Waals surface area contributed by atoms with Crippen molar-refractivity contribution in [1.29, 1.82) is 0 Å². The number of rotatable bonds is 7. The van der Waals surface area contributed by atoms with Crippen LogP contribution in [0, 0.1) is 0 Å². The molecular weight excluding hydrogens is 362 g/mol. The molecule has 3 rings (SSSR count). The molecule has 7 heteroatoms. The van der Waals surface area contributed by atoms with Crippen molar-refractivity contribution in [3.63, 3.8) is 0 Å². The molecule has 1 aromatic carbocycles. The van der Waals surface area contributed by atoms with Crippen molar-refractivity contribution in [2.45, 2.75) is 25.4 Å². The van der Waals surface area contributed by atoms with Gasteiger partial charge in [-0.1, -0.05) is 23.7 Å². The van der Waals surface area contributed by atoms with Crippen molar-refractivity contribution in [2.75, 3.05) is 40.3 Å². The van der Waals surface area contributed by atoms with Gasteiger partial charge in [0.1, 0.15) is 5.69 Å². The molecule has 1 amide bonds. The molecule has 1 aliphatic rings. The van der Waals surface area contributed by atoms with Crippen LogP contribution in [0.1, 0.15) is 34.9 Å². The zero-order valence-corrected chi connectivity index (χ0v) is 16.8. The van der Waals surface area contributed by atoms with Crippen molar-refractivity contribution in [3.8, 4) is 0 Å². The Morgan fingerprint density at radius 2 is 2.19 bits per heavy atom. The standard InChI is InChI=1S/C20H28ClN5O/c1-24(2)11-12-25(15-16-5-3-6-17(21)13-16)20(27)19-8-10-26(23-19)18-7-4-9-22-14-18/h3,5-6,8,10,13,18,22H,4,7,9,11-12,14-15H2,1-2H3. The molecule has 2 heterocycles. The molecule has 1 saturated heterocycles. The minimum atomic E-state index is -0.0423. The number of likely N-dealkylation sites (N-methyl/N-ethyl adjacent to an activating group) is 1. The number of amides is 1. The number of benzene rings is 1. The summed E-state index contributed by atoms with van der Waals surface area (Å²) in [5.41, 5.74) is 1.52. The first-order valence-corrected chi connectivity index (χ1v) is 9.85. The summed E-state index contributed by atoms with van der Waals surface area (Å²) in [6, 6.07) is 9.81. The third kappa shape index (κ3) is 5.54. The van der Waals surface area contributed by atoms with Gasteiger partial charge in [-0.3, -0.25) is 9.48 Å². The molecule has 1 aliphatic heterocycles. The molecule has 0 bridgehead atoms. The number of nitrogens with zero attached hydrogens (tertiary/aromatic N) is 4. The SMILES string of the molecule is CN(C)CCN(Cc1cccc(Cl)c1)C(=O)c1ccn(C2CCCNC2)n1. The molecule has 2 aromatic rings. The van der Waals surface area contributed by atoms with Crippen LogP contribution in [-0.2, 0) is 6.54 Å². The summed E-state index contributed by atoms with van der Waals surface area (Å²) in [4.78, 5) is 17.0.